The average molecular weight is 215 g/mol. The minimum absolute atomic E-state index is 0.556. The van der Waals surface area contributed by atoms with Crippen LogP contribution in [-0.2, 0) is 9.47 Å². The topological polar surface area (TPSA) is 30.5 Å². The molecule has 0 atom stereocenters. The number of rotatable bonds is 9. The monoisotopic (exact) mass is 215 g/mol. The molecule has 0 unspecified atom stereocenters. The Morgan fingerprint density at radius 1 is 1.07 bits per heavy atom. The van der Waals surface area contributed by atoms with E-state index in [1.165, 1.54) is 32.1 Å². The molecule has 0 radical (unpaired) electrons. The van der Waals surface area contributed by atoms with E-state index in [9.17, 15) is 0 Å². The summed E-state index contributed by atoms with van der Waals surface area (Å²) < 4.78 is 10.7. The minimum Gasteiger partial charge on any atom is -0.385 e. The van der Waals surface area contributed by atoms with Gasteiger partial charge in [-0.1, -0.05) is 12.8 Å². The maximum absolute atomic E-state index is 5.74. The number of hydrogen-bond acceptors (Lipinski definition) is 3. The normalized spacial score (nSPS) is 17.4. The van der Waals surface area contributed by atoms with Gasteiger partial charge in [0.1, 0.15) is 0 Å². The van der Waals surface area contributed by atoms with E-state index in [2.05, 4.69) is 5.32 Å². The molecule has 3 nitrogen and oxygen atoms in total. The molecule has 0 aromatic carbocycles. The lowest BCUT2D eigenvalue weighted by atomic mass is 10.3. The summed E-state index contributed by atoms with van der Waals surface area (Å²) in [4.78, 5) is 0. The van der Waals surface area contributed by atoms with Crippen LogP contribution in [0.3, 0.4) is 0 Å². The summed E-state index contributed by atoms with van der Waals surface area (Å²) in [5.41, 5.74) is 0. The Morgan fingerprint density at radius 3 is 2.60 bits per heavy atom. The zero-order valence-corrected chi connectivity index (χ0v) is 9.96. The molecular formula is C12H25NO2. The standard InChI is InChI=1S/C12H25NO2/c1-14-10-5-4-8-13-9-11-15-12-6-2-3-7-12/h12-13H,2-11H2,1H3. The molecule has 0 bridgehead atoms. The molecule has 1 saturated carbocycles. The van der Waals surface area contributed by atoms with Crippen molar-refractivity contribution in [3.8, 4) is 0 Å². The first-order chi connectivity index (χ1) is 7.43. The fourth-order valence-corrected chi connectivity index (χ4v) is 1.97. The van der Waals surface area contributed by atoms with E-state index in [4.69, 9.17) is 9.47 Å². The van der Waals surface area contributed by atoms with E-state index in [-0.39, 0.29) is 0 Å². The highest BCUT2D eigenvalue weighted by Crippen LogP contribution is 2.20. The highest BCUT2D eigenvalue weighted by atomic mass is 16.5. The second-order valence-electron chi connectivity index (χ2n) is 4.23. The van der Waals surface area contributed by atoms with Crippen molar-refractivity contribution in [3.05, 3.63) is 0 Å². The van der Waals surface area contributed by atoms with E-state index in [0.717, 1.165) is 32.7 Å². The lowest BCUT2D eigenvalue weighted by molar-refractivity contribution is 0.0604. The van der Waals surface area contributed by atoms with E-state index < -0.39 is 0 Å². The minimum atomic E-state index is 0.556. The van der Waals surface area contributed by atoms with E-state index >= 15 is 0 Å². The molecule has 0 heterocycles. The third kappa shape index (κ3) is 6.88. The van der Waals surface area contributed by atoms with Crippen molar-refractivity contribution in [1.82, 2.24) is 5.32 Å². The molecule has 0 aliphatic heterocycles. The largest absolute Gasteiger partial charge is 0.385 e. The van der Waals surface area contributed by atoms with Gasteiger partial charge in [0.05, 0.1) is 12.7 Å². The first kappa shape index (κ1) is 12.9. The SMILES string of the molecule is COCCCCNCCOC1CCCC1. The molecule has 1 rings (SSSR count). The number of ether oxygens (including phenoxy) is 2. The molecule has 0 spiro atoms. The Balaban J connectivity index is 1.73. The van der Waals surface area contributed by atoms with Gasteiger partial charge in [-0.3, -0.25) is 0 Å². The van der Waals surface area contributed by atoms with Crippen LogP contribution in [0, 0.1) is 0 Å². The van der Waals surface area contributed by atoms with Crippen LogP contribution >= 0.6 is 0 Å². The van der Waals surface area contributed by atoms with Gasteiger partial charge in [0, 0.05) is 20.3 Å². The lowest BCUT2D eigenvalue weighted by Gasteiger charge is -2.11. The molecule has 0 amide bonds. The van der Waals surface area contributed by atoms with Gasteiger partial charge < -0.3 is 14.8 Å². The van der Waals surface area contributed by atoms with Crippen LogP contribution in [-0.4, -0.2) is 39.5 Å². The fourth-order valence-electron chi connectivity index (χ4n) is 1.97. The summed E-state index contributed by atoms with van der Waals surface area (Å²) in [5, 5.41) is 3.39. The van der Waals surface area contributed by atoms with Crippen LogP contribution in [0.25, 0.3) is 0 Å². The van der Waals surface area contributed by atoms with Crippen molar-refractivity contribution in [2.45, 2.75) is 44.6 Å². The van der Waals surface area contributed by atoms with Crippen molar-refractivity contribution >= 4 is 0 Å². The molecule has 0 saturated heterocycles. The van der Waals surface area contributed by atoms with Crippen LogP contribution < -0.4 is 5.32 Å². The zero-order chi connectivity index (χ0) is 10.8. The molecule has 1 aliphatic rings. The number of methoxy groups -OCH3 is 1. The molecule has 3 heteroatoms. The van der Waals surface area contributed by atoms with E-state index in [1.807, 2.05) is 0 Å². The van der Waals surface area contributed by atoms with Crippen LogP contribution in [0.1, 0.15) is 38.5 Å². The quantitative estimate of drug-likeness (QED) is 0.596. The molecule has 0 aromatic rings. The van der Waals surface area contributed by atoms with Crippen LogP contribution in [0.4, 0.5) is 0 Å². The van der Waals surface area contributed by atoms with Gasteiger partial charge in [0.15, 0.2) is 0 Å². The van der Waals surface area contributed by atoms with Gasteiger partial charge >= 0.3 is 0 Å². The number of nitrogens with one attached hydrogen (secondary N) is 1. The maximum atomic E-state index is 5.74. The molecule has 0 aromatic heterocycles. The second-order valence-corrected chi connectivity index (χ2v) is 4.23. The maximum Gasteiger partial charge on any atom is 0.0594 e. The Morgan fingerprint density at radius 2 is 1.87 bits per heavy atom. The first-order valence-corrected chi connectivity index (χ1v) is 6.24. The lowest BCUT2D eigenvalue weighted by Crippen LogP contribution is -2.23. The second kappa shape index (κ2) is 9.13. The van der Waals surface area contributed by atoms with Gasteiger partial charge in [-0.05, 0) is 32.2 Å². The highest BCUT2D eigenvalue weighted by molar-refractivity contribution is 4.66. The van der Waals surface area contributed by atoms with Gasteiger partial charge in [-0.25, -0.2) is 0 Å². The highest BCUT2D eigenvalue weighted by Gasteiger charge is 2.14. The summed E-state index contributed by atoms with van der Waals surface area (Å²) in [6, 6.07) is 0. The molecule has 1 aliphatic carbocycles. The predicted octanol–water partition coefficient (Wildman–Crippen LogP) is 1.96. The predicted molar refractivity (Wildman–Crippen MR) is 62.2 cm³/mol. The van der Waals surface area contributed by atoms with Gasteiger partial charge in [0.2, 0.25) is 0 Å². The van der Waals surface area contributed by atoms with Crippen LogP contribution in [0.5, 0.6) is 0 Å². The summed E-state index contributed by atoms with van der Waals surface area (Å²) in [6.45, 7) is 3.82. The van der Waals surface area contributed by atoms with E-state index in [1.54, 1.807) is 7.11 Å². The summed E-state index contributed by atoms with van der Waals surface area (Å²) in [5.74, 6) is 0. The Kier molecular flexibility index (Phi) is 7.88. The van der Waals surface area contributed by atoms with Crippen molar-refractivity contribution in [3.63, 3.8) is 0 Å². The first-order valence-electron chi connectivity index (χ1n) is 6.24. The molecule has 1 N–H and O–H groups in total. The van der Waals surface area contributed by atoms with Crippen LogP contribution in [0.15, 0.2) is 0 Å². The van der Waals surface area contributed by atoms with Gasteiger partial charge in [0.25, 0.3) is 0 Å². The summed E-state index contributed by atoms with van der Waals surface area (Å²) in [7, 11) is 1.75. The smallest absolute Gasteiger partial charge is 0.0594 e. The average Bonchev–Trinajstić information content (AvgIpc) is 2.75. The van der Waals surface area contributed by atoms with Gasteiger partial charge in [-0.15, -0.1) is 0 Å². The molecule has 90 valence electrons. The number of hydrogen-bond donors (Lipinski definition) is 1. The third-order valence-electron chi connectivity index (χ3n) is 2.89. The van der Waals surface area contributed by atoms with E-state index in [0.29, 0.717) is 6.10 Å². The molecule has 1 fully saturated rings. The van der Waals surface area contributed by atoms with Crippen molar-refractivity contribution in [2.24, 2.45) is 0 Å². The number of unbranched alkanes of at least 4 members (excludes halogenated alkanes) is 1. The zero-order valence-electron chi connectivity index (χ0n) is 9.96. The van der Waals surface area contributed by atoms with Crippen molar-refractivity contribution in [2.75, 3.05) is 33.4 Å². The molecular weight excluding hydrogens is 190 g/mol. The third-order valence-corrected chi connectivity index (χ3v) is 2.89. The Hall–Kier alpha value is -0.120. The molecule has 15 heavy (non-hydrogen) atoms. The fraction of sp³-hybridized carbons (Fsp3) is 1.00. The summed E-state index contributed by atoms with van der Waals surface area (Å²) in [6.07, 6.45) is 8.15. The Bertz CT molecular complexity index is 136. The summed E-state index contributed by atoms with van der Waals surface area (Å²) >= 11 is 0. The van der Waals surface area contributed by atoms with Gasteiger partial charge in [-0.2, -0.15) is 0 Å². The van der Waals surface area contributed by atoms with Crippen LogP contribution in [0.2, 0.25) is 0 Å². The Labute approximate surface area is 93.5 Å². The van der Waals surface area contributed by atoms with Crippen molar-refractivity contribution in [1.29, 1.82) is 0 Å². The van der Waals surface area contributed by atoms with Crippen molar-refractivity contribution < 1.29 is 9.47 Å².